The second-order valence-corrected chi connectivity index (χ2v) is 8.13. The van der Waals surface area contributed by atoms with E-state index in [9.17, 15) is 9.00 Å². The van der Waals surface area contributed by atoms with Gasteiger partial charge in [0.05, 0.1) is 43.7 Å². The Morgan fingerprint density at radius 1 is 1.08 bits per heavy atom. The Bertz CT molecular complexity index is 626. The number of carbonyl (C=O) groups excluding carboxylic acids is 1. The van der Waals surface area contributed by atoms with Gasteiger partial charge in [-0.25, -0.2) is 13.7 Å². The number of hydrogen-bond acceptors (Lipinski definition) is 6. The second-order valence-electron chi connectivity index (χ2n) is 6.13. The van der Waals surface area contributed by atoms with Crippen molar-refractivity contribution in [3.05, 3.63) is 17.7 Å². The summed E-state index contributed by atoms with van der Waals surface area (Å²) in [7, 11) is 2.98. The summed E-state index contributed by atoms with van der Waals surface area (Å²) in [6, 6.07) is 2.25. The number of nitrogens with one attached hydrogen (secondary N) is 1. The van der Waals surface area contributed by atoms with Crippen molar-refractivity contribution in [3.63, 3.8) is 0 Å². The summed E-state index contributed by atoms with van der Waals surface area (Å²) in [6.45, 7) is 7.34. The van der Waals surface area contributed by atoms with Crippen molar-refractivity contribution in [2.75, 3.05) is 27.9 Å². The smallest absolute Gasteiger partial charge is 0.328 e. The van der Waals surface area contributed by atoms with Crippen LogP contribution in [0.2, 0.25) is 0 Å². The SMILES string of the molecule is CCOC(=O)[C@H](N[S@](=O)C(C)(C)C)c1cc(OC)c(OC)cc1OC. The first-order valence-corrected chi connectivity index (χ1v) is 8.99. The van der Waals surface area contributed by atoms with Crippen LogP contribution in [-0.2, 0) is 20.5 Å². The maximum atomic E-state index is 12.5. The third-order valence-corrected chi connectivity index (χ3v) is 4.91. The van der Waals surface area contributed by atoms with E-state index >= 15 is 0 Å². The van der Waals surface area contributed by atoms with Crippen molar-refractivity contribution >= 4 is 17.0 Å². The van der Waals surface area contributed by atoms with E-state index in [0.717, 1.165) is 0 Å². The molecule has 25 heavy (non-hydrogen) atoms. The average Bonchev–Trinajstić information content (AvgIpc) is 2.57. The zero-order valence-electron chi connectivity index (χ0n) is 15.8. The maximum absolute atomic E-state index is 12.5. The largest absolute Gasteiger partial charge is 0.496 e. The van der Waals surface area contributed by atoms with E-state index in [-0.39, 0.29) is 6.61 Å². The third kappa shape index (κ3) is 5.34. The summed E-state index contributed by atoms with van der Waals surface area (Å²) in [6.07, 6.45) is 0. The van der Waals surface area contributed by atoms with Crippen molar-refractivity contribution in [3.8, 4) is 17.2 Å². The fraction of sp³-hybridized carbons (Fsp3) is 0.588. The summed E-state index contributed by atoms with van der Waals surface area (Å²) < 4.78 is 35.9. The molecule has 2 atom stereocenters. The minimum atomic E-state index is -1.50. The minimum Gasteiger partial charge on any atom is -0.496 e. The third-order valence-electron chi connectivity index (χ3n) is 3.35. The summed E-state index contributed by atoms with van der Waals surface area (Å²) in [5.74, 6) is 0.735. The van der Waals surface area contributed by atoms with Gasteiger partial charge >= 0.3 is 5.97 Å². The molecule has 0 aliphatic heterocycles. The molecule has 7 nitrogen and oxygen atoms in total. The Morgan fingerprint density at radius 3 is 2.04 bits per heavy atom. The molecule has 0 bridgehead atoms. The Labute approximate surface area is 151 Å². The van der Waals surface area contributed by atoms with E-state index in [1.54, 1.807) is 19.1 Å². The minimum absolute atomic E-state index is 0.203. The van der Waals surface area contributed by atoms with Crippen molar-refractivity contribution in [1.29, 1.82) is 0 Å². The quantitative estimate of drug-likeness (QED) is 0.705. The van der Waals surface area contributed by atoms with Gasteiger partial charge in [0.25, 0.3) is 0 Å². The summed E-state index contributed by atoms with van der Waals surface area (Å²) in [5, 5.41) is 0. The highest BCUT2D eigenvalue weighted by Crippen LogP contribution is 2.38. The van der Waals surface area contributed by atoms with Gasteiger partial charge in [0.2, 0.25) is 0 Å². The van der Waals surface area contributed by atoms with Gasteiger partial charge in [0.1, 0.15) is 11.8 Å². The molecule has 0 spiro atoms. The van der Waals surface area contributed by atoms with Gasteiger partial charge in [-0.15, -0.1) is 0 Å². The molecule has 1 aromatic carbocycles. The molecule has 8 heteroatoms. The molecule has 0 aliphatic carbocycles. The number of esters is 1. The van der Waals surface area contributed by atoms with Gasteiger partial charge < -0.3 is 18.9 Å². The van der Waals surface area contributed by atoms with Crippen LogP contribution in [0.1, 0.15) is 39.3 Å². The van der Waals surface area contributed by atoms with Gasteiger partial charge in [-0.3, -0.25) is 0 Å². The molecule has 0 aliphatic rings. The van der Waals surface area contributed by atoms with Crippen LogP contribution >= 0.6 is 0 Å². The average molecular weight is 373 g/mol. The summed E-state index contributed by atoms with van der Waals surface area (Å²) >= 11 is 0. The summed E-state index contributed by atoms with van der Waals surface area (Å²) in [5.41, 5.74) is 0.455. The van der Waals surface area contributed by atoms with Crippen molar-refractivity contribution in [2.24, 2.45) is 0 Å². The van der Waals surface area contributed by atoms with Crippen molar-refractivity contribution in [1.82, 2.24) is 4.72 Å². The number of hydrogen-bond donors (Lipinski definition) is 1. The van der Waals surface area contributed by atoms with Crippen LogP contribution in [0.5, 0.6) is 17.2 Å². The fourth-order valence-corrected chi connectivity index (χ4v) is 2.82. The Morgan fingerprint density at radius 2 is 1.60 bits per heavy atom. The Kier molecular flexibility index (Phi) is 7.69. The Hall–Kier alpha value is -1.80. The zero-order chi connectivity index (χ0) is 19.2. The molecular weight excluding hydrogens is 346 g/mol. The molecule has 0 heterocycles. The van der Waals surface area contributed by atoms with Crippen LogP contribution in [0.3, 0.4) is 0 Å². The van der Waals surface area contributed by atoms with Crippen molar-refractivity contribution in [2.45, 2.75) is 38.5 Å². The molecule has 0 aromatic heterocycles. The van der Waals surface area contributed by atoms with E-state index in [2.05, 4.69) is 4.72 Å². The van der Waals surface area contributed by atoms with E-state index in [0.29, 0.717) is 22.8 Å². The lowest BCUT2D eigenvalue weighted by molar-refractivity contribution is -0.145. The standard InChI is InChI=1S/C17H27NO6S/c1-8-24-16(19)15(18-25(20)17(2,3)4)11-9-13(22-6)14(23-7)10-12(11)21-5/h9-10,15,18H,8H2,1-7H3/t15-,25-/m1/s1. The van der Waals surface area contributed by atoms with Crippen LogP contribution < -0.4 is 18.9 Å². The number of benzene rings is 1. The number of carbonyl (C=O) groups is 1. The highest BCUT2D eigenvalue weighted by molar-refractivity contribution is 7.84. The fourth-order valence-electron chi connectivity index (χ4n) is 2.03. The maximum Gasteiger partial charge on any atom is 0.328 e. The molecular formula is C17H27NO6S. The first kappa shape index (κ1) is 21.2. The molecule has 1 rings (SSSR count). The topological polar surface area (TPSA) is 83.1 Å². The van der Waals surface area contributed by atoms with Crippen LogP contribution in [0, 0.1) is 0 Å². The van der Waals surface area contributed by atoms with Crippen LogP contribution in [0.15, 0.2) is 12.1 Å². The van der Waals surface area contributed by atoms with E-state index in [1.807, 2.05) is 20.8 Å². The van der Waals surface area contributed by atoms with E-state index < -0.39 is 27.7 Å². The first-order valence-electron chi connectivity index (χ1n) is 7.84. The van der Waals surface area contributed by atoms with Gasteiger partial charge in [-0.2, -0.15) is 0 Å². The molecule has 1 aromatic rings. The van der Waals surface area contributed by atoms with Gasteiger partial charge in [-0.1, -0.05) is 0 Å². The molecule has 0 unspecified atom stereocenters. The molecule has 0 radical (unpaired) electrons. The van der Waals surface area contributed by atoms with Crippen LogP contribution in [0.4, 0.5) is 0 Å². The van der Waals surface area contributed by atoms with E-state index in [4.69, 9.17) is 18.9 Å². The summed E-state index contributed by atoms with van der Waals surface area (Å²) in [4.78, 5) is 12.5. The molecule has 1 N–H and O–H groups in total. The Balaban J connectivity index is 3.42. The molecule has 0 saturated carbocycles. The predicted molar refractivity (Wildman–Crippen MR) is 96.5 cm³/mol. The van der Waals surface area contributed by atoms with Crippen LogP contribution in [-0.4, -0.2) is 42.9 Å². The first-order chi connectivity index (χ1) is 11.7. The normalized spacial score (nSPS) is 13.7. The molecule has 142 valence electrons. The number of rotatable bonds is 8. The number of ether oxygens (including phenoxy) is 4. The predicted octanol–water partition coefficient (Wildman–Crippen LogP) is 2.37. The van der Waals surface area contributed by atoms with Gasteiger partial charge in [0, 0.05) is 11.6 Å². The molecule has 0 fully saturated rings. The highest BCUT2D eigenvalue weighted by atomic mass is 32.2. The second kappa shape index (κ2) is 9.05. The van der Waals surface area contributed by atoms with Gasteiger partial charge in [0.15, 0.2) is 11.5 Å². The lowest BCUT2D eigenvalue weighted by atomic mass is 10.1. The highest BCUT2D eigenvalue weighted by Gasteiger charge is 2.32. The zero-order valence-corrected chi connectivity index (χ0v) is 16.6. The molecule has 0 amide bonds. The van der Waals surface area contributed by atoms with Gasteiger partial charge in [-0.05, 0) is 33.8 Å². The monoisotopic (exact) mass is 373 g/mol. The number of methoxy groups -OCH3 is 3. The lowest BCUT2D eigenvalue weighted by Crippen LogP contribution is -2.39. The molecule has 0 saturated heterocycles. The van der Waals surface area contributed by atoms with Crippen molar-refractivity contribution < 1.29 is 28.0 Å². The van der Waals surface area contributed by atoms with Crippen LogP contribution in [0.25, 0.3) is 0 Å². The lowest BCUT2D eigenvalue weighted by Gasteiger charge is -2.25. The van der Waals surface area contributed by atoms with E-state index in [1.165, 1.54) is 21.3 Å².